The average molecular weight is 234 g/mol. The first kappa shape index (κ1) is 9.59. The minimum atomic E-state index is 0.0867. The number of aromatic nitrogens is 2. The lowest BCUT2D eigenvalue weighted by atomic mass is 10.1. The Balaban J connectivity index is 2.52. The molecule has 18 heavy (non-hydrogen) atoms. The first-order valence-electron chi connectivity index (χ1n) is 5.90. The van der Waals surface area contributed by atoms with Gasteiger partial charge in [-0.05, 0) is 25.1 Å². The number of para-hydroxylation sites is 2. The van der Waals surface area contributed by atoms with Gasteiger partial charge in [-0.3, -0.25) is 4.79 Å². The molecule has 86 valence electrons. The number of benzene rings is 2. The summed E-state index contributed by atoms with van der Waals surface area (Å²) in [6.45, 7) is 1.97. The van der Waals surface area contributed by atoms with Crippen LogP contribution in [-0.4, -0.2) is 9.61 Å². The molecule has 0 spiro atoms. The van der Waals surface area contributed by atoms with Gasteiger partial charge in [0.25, 0.3) is 0 Å². The van der Waals surface area contributed by atoms with Gasteiger partial charge in [0.1, 0.15) is 0 Å². The van der Waals surface area contributed by atoms with E-state index < -0.39 is 0 Å². The molecule has 0 amide bonds. The molecule has 0 unspecified atom stereocenters. The van der Waals surface area contributed by atoms with E-state index in [1.54, 1.807) is 0 Å². The lowest BCUT2D eigenvalue weighted by Crippen LogP contribution is -2.06. The summed E-state index contributed by atoms with van der Waals surface area (Å²) >= 11 is 0. The highest BCUT2D eigenvalue weighted by molar-refractivity contribution is 6.02. The maximum absolute atomic E-state index is 12.5. The molecule has 0 atom stereocenters. The summed E-state index contributed by atoms with van der Waals surface area (Å²) in [5.74, 6) is 0. The summed E-state index contributed by atoms with van der Waals surface area (Å²) in [5.41, 5.74) is 2.85. The van der Waals surface area contributed by atoms with Gasteiger partial charge in [0.15, 0.2) is 5.43 Å². The number of pyridine rings is 1. The van der Waals surface area contributed by atoms with E-state index in [1.165, 1.54) is 0 Å². The molecule has 3 heteroatoms. The van der Waals surface area contributed by atoms with E-state index >= 15 is 0 Å². The molecule has 4 aromatic rings. The van der Waals surface area contributed by atoms with Crippen LogP contribution in [-0.2, 0) is 0 Å². The van der Waals surface area contributed by atoms with Crippen molar-refractivity contribution in [3.05, 3.63) is 58.4 Å². The van der Waals surface area contributed by atoms with Crippen LogP contribution in [0.15, 0.2) is 47.3 Å². The van der Waals surface area contributed by atoms with Crippen molar-refractivity contribution in [2.45, 2.75) is 6.92 Å². The van der Waals surface area contributed by atoms with Crippen molar-refractivity contribution in [3.63, 3.8) is 0 Å². The van der Waals surface area contributed by atoms with E-state index in [1.807, 2.05) is 53.9 Å². The molecule has 0 fully saturated rings. The van der Waals surface area contributed by atoms with Gasteiger partial charge in [0.05, 0.1) is 16.7 Å². The van der Waals surface area contributed by atoms with Gasteiger partial charge in [0.2, 0.25) is 0 Å². The number of hydrogen-bond donors (Lipinski definition) is 0. The fraction of sp³-hybridized carbons (Fsp3) is 0.0667. The largest absolute Gasteiger partial charge is 0.288 e. The lowest BCUT2D eigenvalue weighted by molar-refractivity contribution is 0.974. The summed E-state index contributed by atoms with van der Waals surface area (Å²) in [7, 11) is 0. The zero-order chi connectivity index (χ0) is 12.3. The Bertz CT molecular complexity index is 953. The van der Waals surface area contributed by atoms with Crippen LogP contribution in [0.2, 0.25) is 0 Å². The van der Waals surface area contributed by atoms with E-state index in [0.717, 1.165) is 32.9 Å². The van der Waals surface area contributed by atoms with Crippen LogP contribution in [0.1, 0.15) is 5.69 Å². The molecule has 0 bridgehead atoms. The standard InChI is InChI=1S/C15H10N2O/c1-9-10-6-4-7-12-14(10)17(16-9)13-8-3-2-5-11(13)15(12)18/h2-8H,1H3. The fourth-order valence-electron chi connectivity index (χ4n) is 2.67. The Labute approximate surface area is 103 Å². The second-order valence-corrected chi connectivity index (χ2v) is 4.55. The Morgan fingerprint density at radius 3 is 2.56 bits per heavy atom. The van der Waals surface area contributed by atoms with E-state index in [2.05, 4.69) is 5.10 Å². The van der Waals surface area contributed by atoms with Gasteiger partial charge in [-0.15, -0.1) is 0 Å². The van der Waals surface area contributed by atoms with E-state index in [9.17, 15) is 4.79 Å². The van der Waals surface area contributed by atoms with Crippen LogP contribution in [0.4, 0.5) is 0 Å². The summed E-state index contributed by atoms with van der Waals surface area (Å²) < 4.78 is 1.89. The third-order valence-corrected chi connectivity index (χ3v) is 3.51. The lowest BCUT2D eigenvalue weighted by Gasteiger charge is -2.03. The molecule has 2 heterocycles. The highest BCUT2D eigenvalue weighted by Crippen LogP contribution is 2.25. The van der Waals surface area contributed by atoms with Crippen molar-refractivity contribution in [3.8, 4) is 0 Å². The van der Waals surface area contributed by atoms with Gasteiger partial charge >= 0.3 is 0 Å². The predicted octanol–water partition coefficient (Wildman–Crippen LogP) is 2.75. The molecule has 0 saturated carbocycles. The highest BCUT2D eigenvalue weighted by atomic mass is 16.1. The van der Waals surface area contributed by atoms with Gasteiger partial charge in [-0.2, -0.15) is 5.10 Å². The van der Waals surface area contributed by atoms with Gasteiger partial charge in [-0.1, -0.05) is 24.3 Å². The third-order valence-electron chi connectivity index (χ3n) is 3.51. The molecule has 0 N–H and O–H groups in total. The quantitative estimate of drug-likeness (QED) is 0.438. The van der Waals surface area contributed by atoms with Crippen LogP contribution < -0.4 is 5.43 Å². The molecule has 0 radical (unpaired) electrons. The van der Waals surface area contributed by atoms with Gasteiger partial charge in [-0.25, -0.2) is 4.52 Å². The van der Waals surface area contributed by atoms with Gasteiger partial charge < -0.3 is 0 Å². The normalized spacial score (nSPS) is 11.8. The molecule has 0 saturated heterocycles. The molecule has 4 rings (SSSR count). The van der Waals surface area contributed by atoms with Crippen LogP contribution >= 0.6 is 0 Å². The number of fused-ring (bicyclic) bond motifs is 2. The molecular formula is C15H10N2O. The Hall–Kier alpha value is -2.42. The van der Waals surface area contributed by atoms with E-state index in [0.29, 0.717) is 0 Å². The third kappa shape index (κ3) is 0.991. The van der Waals surface area contributed by atoms with Crippen molar-refractivity contribution >= 4 is 27.2 Å². The van der Waals surface area contributed by atoms with E-state index in [4.69, 9.17) is 0 Å². The first-order chi connectivity index (χ1) is 8.77. The van der Waals surface area contributed by atoms with E-state index in [-0.39, 0.29) is 5.43 Å². The Morgan fingerprint density at radius 1 is 0.944 bits per heavy atom. The monoisotopic (exact) mass is 234 g/mol. The second kappa shape index (κ2) is 3.07. The van der Waals surface area contributed by atoms with Crippen molar-refractivity contribution in [1.82, 2.24) is 9.61 Å². The molecule has 0 aliphatic carbocycles. The highest BCUT2D eigenvalue weighted by Gasteiger charge is 2.14. The number of hydrogen-bond acceptors (Lipinski definition) is 2. The molecule has 3 nitrogen and oxygen atoms in total. The topological polar surface area (TPSA) is 34.4 Å². The van der Waals surface area contributed by atoms with Crippen molar-refractivity contribution < 1.29 is 0 Å². The number of rotatable bonds is 0. The van der Waals surface area contributed by atoms with Crippen molar-refractivity contribution in [2.24, 2.45) is 0 Å². The van der Waals surface area contributed by atoms with Gasteiger partial charge in [0, 0.05) is 16.2 Å². The number of aryl methyl sites for hydroxylation is 1. The average Bonchev–Trinajstić information content (AvgIpc) is 2.75. The summed E-state index contributed by atoms with van der Waals surface area (Å²) in [6, 6.07) is 13.4. The maximum Gasteiger partial charge on any atom is 0.197 e. The predicted molar refractivity (Wildman–Crippen MR) is 72.4 cm³/mol. The summed E-state index contributed by atoms with van der Waals surface area (Å²) in [4.78, 5) is 12.5. The second-order valence-electron chi connectivity index (χ2n) is 4.55. The fourth-order valence-corrected chi connectivity index (χ4v) is 2.67. The van der Waals surface area contributed by atoms with Crippen LogP contribution in [0.5, 0.6) is 0 Å². The SMILES string of the molecule is Cc1nn2c3ccccc3c(=O)c3cccc1c32. The zero-order valence-electron chi connectivity index (χ0n) is 9.84. The minimum Gasteiger partial charge on any atom is -0.288 e. The molecular weight excluding hydrogens is 224 g/mol. The minimum absolute atomic E-state index is 0.0867. The van der Waals surface area contributed by atoms with Crippen molar-refractivity contribution in [2.75, 3.05) is 0 Å². The molecule has 0 aliphatic rings. The van der Waals surface area contributed by atoms with Crippen molar-refractivity contribution in [1.29, 1.82) is 0 Å². The number of nitrogens with zero attached hydrogens (tertiary/aromatic N) is 2. The first-order valence-corrected chi connectivity index (χ1v) is 5.90. The molecule has 2 aromatic heterocycles. The zero-order valence-corrected chi connectivity index (χ0v) is 9.84. The maximum atomic E-state index is 12.5. The molecule has 0 aliphatic heterocycles. The Kier molecular flexibility index (Phi) is 1.64. The van der Waals surface area contributed by atoms with Crippen LogP contribution in [0, 0.1) is 6.92 Å². The molecule has 2 aromatic carbocycles. The van der Waals surface area contributed by atoms with Crippen LogP contribution in [0.3, 0.4) is 0 Å². The summed E-state index contributed by atoms with van der Waals surface area (Å²) in [6.07, 6.45) is 0. The van der Waals surface area contributed by atoms with Crippen LogP contribution in [0.25, 0.3) is 27.2 Å². The smallest absolute Gasteiger partial charge is 0.197 e. The summed E-state index contributed by atoms with van der Waals surface area (Å²) in [5, 5.41) is 7.08. The Morgan fingerprint density at radius 2 is 1.67 bits per heavy atom.